The first-order valence-electron chi connectivity index (χ1n) is 6.42. The van der Waals surface area contributed by atoms with Gasteiger partial charge < -0.3 is 10.6 Å². The largest absolute Gasteiger partial charge is 0.381 e. The third-order valence-electron chi connectivity index (χ3n) is 2.98. The third-order valence-corrected chi connectivity index (χ3v) is 2.98. The minimum Gasteiger partial charge on any atom is -0.381 e. The number of halogens is 1. The Morgan fingerprint density at radius 1 is 1.20 bits per heavy atom. The summed E-state index contributed by atoms with van der Waals surface area (Å²) < 4.78 is 13.5. The highest BCUT2D eigenvalue weighted by molar-refractivity contribution is 5.89. The molecule has 0 aliphatic carbocycles. The van der Waals surface area contributed by atoms with Gasteiger partial charge in [0.15, 0.2) is 0 Å². The van der Waals surface area contributed by atoms with Gasteiger partial charge in [-0.05, 0) is 36.8 Å². The molecule has 0 radical (unpaired) electrons. The lowest BCUT2D eigenvalue weighted by atomic mass is 10.1. The number of hydrogen-bond donors (Lipinski definition) is 2. The maximum Gasteiger partial charge on any atom is 0.221 e. The van der Waals surface area contributed by atoms with Crippen molar-refractivity contribution in [3.05, 3.63) is 59.4 Å². The Bertz CT molecular complexity index is 626. The Balaban J connectivity index is 2.06. The number of amides is 1. The molecule has 0 fully saturated rings. The highest BCUT2D eigenvalue weighted by Crippen LogP contribution is 2.20. The summed E-state index contributed by atoms with van der Waals surface area (Å²) in [6, 6.07) is 12.3. The van der Waals surface area contributed by atoms with Gasteiger partial charge in [-0.15, -0.1) is 0 Å². The molecule has 2 rings (SSSR count). The van der Waals surface area contributed by atoms with Crippen LogP contribution in [0.3, 0.4) is 0 Å². The molecule has 2 aromatic carbocycles. The van der Waals surface area contributed by atoms with Crippen LogP contribution in [0.5, 0.6) is 0 Å². The first-order chi connectivity index (χ1) is 9.56. The van der Waals surface area contributed by atoms with Crippen LogP contribution in [0.25, 0.3) is 0 Å². The molecule has 0 saturated carbocycles. The lowest BCUT2D eigenvalue weighted by molar-refractivity contribution is -0.114. The van der Waals surface area contributed by atoms with Gasteiger partial charge in [-0.1, -0.05) is 18.2 Å². The molecule has 0 atom stereocenters. The molecule has 1 amide bonds. The maximum atomic E-state index is 13.5. The molecule has 3 nitrogen and oxygen atoms in total. The van der Waals surface area contributed by atoms with Crippen LogP contribution in [0.15, 0.2) is 42.5 Å². The number of nitrogens with one attached hydrogen (secondary N) is 2. The van der Waals surface area contributed by atoms with E-state index in [2.05, 4.69) is 10.6 Å². The fraction of sp³-hybridized carbons (Fsp3) is 0.188. The van der Waals surface area contributed by atoms with E-state index in [9.17, 15) is 9.18 Å². The molecule has 2 N–H and O–H groups in total. The molecule has 0 aromatic heterocycles. The summed E-state index contributed by atoms with van der Waals surface area (Å²) in [5, 5.41) is 5.93. The third kappa shape index (κ3) is 3.57. The summed E-state index contributed by atoms with van der Waals surface area (Å²) in [6.07, 6.45) is 0. The van der Waals surface area contributed by atoms with E-state index in [1.165, 1.54) is 13.0 Å². The zero-order valence-corrected chi connectivity index (χ0v) is 11.5. The average molecular weight is 272 g/mol. The SMILES string of the molecule is CC(=O)Nc1ccc(NCc2ccccc2F)cc1C. The number of carbonyl (C=O) groups is 1. The molecular weight excluding hydrogens is 255 g/mol. The fourth-order valence-corrected chi connectivity index (χ4v) is 1.94. The van der Waals surface area contributed by atoms with Crippen molar-refractivity contribution in [2.75, 3.05) is 10.6 Å². The van der Waals surface area contributed by atoms with Gasteiger partial charge in [0.25, 0.3) is 0 Å². The standard InChI is InChI=1S/C16H17FN2O/c1-11-9-14(7-8-16(11)19-12(2)20)18-10-13-5-3-4-6-15(13)17/h3-9,18H,10H2,1-2H3,(H,19,20). The van der Waals surface area contributed by atoms with E-state index in [4.69, 9.17) is 0 Å². The van der Waals surface area contributed by atoms with Crippen molar-refractivity contribution in [3.63, 3.8) is 0 Å². The van der Waals surface area contributed by atoms with Crippen LogP contribution in [0.1, 0.15) is 18.1 Å². The Hall–Kier alpha value is -2.36. The van der Waals surface area contributed by atoms with Crippen LogP contribution in [-0.2, 0) is 11.3 Å². The molecule has 0 aliphatic heterocycles. The highest BCUT2D eigenvalue weighted by atomic mass is 19.1. The van der Waals surface area contributed by atoms with Crippen molar-refractivity contribution in [1.29, 1.82) is 0 Å². The lowest BCUT2D eigenvalue weighted by Gasteiger charge is -2.11. The molecule has 0 heterocycles. The van der Waals surface area contributed by atoms with Gasteiger partial charge in [0.2, 0.25) is 5.91 Å². The Labute approximate surface area is 117 Å². The van der Waals surface area contributed by atoms with Crippen LogP contribution >= 0.6 is 0 Å². The normalized spacial score (nSPS) is 10.2. The van der Waals surface area contributed by atoms with Crippen molar-refractivity contribution in [3.8, 4) is 0 Å². The number of anilines is 2. The summed E-state index contributed by atoms with van der Waals surface area (Å²) >= 11 is 0. The minimum atomic E-state index is -0.216. The summed E-state index contributed by atoms with van der Waals surface area (Å²) in [4.78, 5) is 11.0. The highest BCUT2D eigenvalue weighted by Gasteiger charge is 2.03. The number of hydrogen-bond acceptors (Lipinski definition) is 2. The van der Waals surface area contributed by atoms with Crippen LogP contribution < -0.4 is 10.6 Å². The van der Waals surface area contributed by atoms with E-state index in [0.29, 0.717) is 12.1 Å². The molecule has 20 heavy (non-hydrogen) atoms. The van der Waals surface area contributed by atoms with Crippen molar-refractivity contribution in [1.82, 2.24) is 0 Å². The minimum absolute atomic E-state index is 0.0971. The van der Waals surface area contributed by atoms with E-state index < -0.39 is 0 Å². The summed E-state index contributed by atoms with van der Waals surface area (Å²) in [5.74, 6) is -0.313. The average Bonchev–Trinajstić information content (AvgIpc) is 2.40. The Morgan fingerprint density at radius 2 is 1.95 bits per heavy atom. The van der Waals surface area contributed by atoms with Crippen LogP contribution in [-0.4, -0.2) is 5.91 Å². The quantitative estimate of drug-likeness (QED) is 0.891. The number of rotatable bonds is 4. The van der Waals surface area contributed by atoms with Crippen molar-refractivity contribution >= 4 is 17.3 Å². The van der Waals surface area contributed by atoms with Gasteiger partial charge in [0, 0.05) is 30.4 Å². The smallest absolute Gasteiger partial charge is 0.221 e. The molecule has 0 spiro atoms. The second kappa shape index (κ2) is 6.19. The first-order valence-corrected chi connectivity index (χ1v) is 6.42. The second-order valence-corrected chi connectivity index (χ2v) is 4.66. The van der Waals surface area contributed by atoms with Crippen LogP contribution in [0, 0.1) is 12.7 Å². The van der Waals surface area contributed by atoms with Crippen molar-refractivity contribution < 1.29 is 9.18 Å². The molecule has 0 saturated heterocycles. The molecule has 0 unspecified atom stereocenters. The van der Waals surface area contributed by atoms with Crippen molar-refractivity contribution in [2.45, 2.75) is 20.4 Å². The van der Waals surface area contributed by atoms with Crippen LogP contribution in [0.2, 0.25) is 0 Å². The Kier molecular flexibility index (Phi) is 4.35. The number of aryl methyl sites for hydroxylation is 1. The predicted octanol–water partition coefficient (Wildman–Crippen LogP) is 3.70. The van der Waals surface area contributed by atoms with Gasteiger partial charge in [-0.25, -0.2) is 4.39 Å². The number of carbonyl (C=O) groups excluding carboxylic acids is 1. The van der Waals surface area contributed by atoms with E-state index in [0.717, 1.165) is 16.9 Å². The van der Waals surface area contributed by atoms with Gasteiger partial charge in [-0.2, -0.15) is 0 Å². The van der Waals surface area contributed by atoms with Gasteiger partial charge in [0.05, 0.1) is 0 Å². The second-order valence-electron chi connectivity index (χ2n) is 4.66. The van der Waals surface area contributed by atoms with Crippen molar-refractivity contribution in [2.24, 2.45) is 0 Å². The zero-order valence-electron chi connectivity index (χ0n) is 11.5. The summed E-state index contributed by atoms with van der Waals surface area (Å²) in [6.45, 7) is 3.81. The van der Waals surface area contributed by atoms with Gasteiger partial charge in [-0.3, -0.25) is 4.79 Å². The van der Waals surface area contributed by atoms with Crippen LogP contribution in [0.4, 0.5) is 15.8 Å². The molecule has 4 heteroatoms. The van der Waals surface area contributed by atoms with E-state index >= 15 is 0 Å². The predicted molar refractivity (Wildman–Crippen MR) is 79.2 cm³/mol. The fourth-order valence-electron chi connectivity index (χ4n) is 1.94. The molecule has 0 bridgehead atoms. The summed E-state index contributed by atoms with van der Waals surface area (Å²) in [7, 11) is 0. The van der Waals surface area contributed by atoms with Gasteiger partial charge in [0.1, 0.15) is 5.82 Å². The lowest BCUT2D eigenvalue weighted by Crippen LogP contribution is -2.07. The first kappa shape index (κ1) is 14.1. The maximum absolute atomic E-state index is 13.5. The molecule has 104 valence electrons. The topological polar surface area (TPSA) is 41.1 Å². The summed E-state index contributed by atoms with van der Waals surface area (Å²) in [5.41, 5.74) is 3.25. The van der Waals surface area contributed by atoms with Gasteiger partial charge >= 0.3 is 0 Å². The van der Waals surface area contributed by atoms with E-state index in [-0.39, 0.29) is 11.7 Å². The van der Waals surface area contributed by atoms with E-state index in [1.807, 2.05) is 31.2 Å². The zero-order chi connectivity index (χ0) is 14.5. The molecule has 0 aliphatic rings. The number of benzene rings is 2. The Morgan fingerprint density at radius 3 is 2.60 bits per heavy atom. The molecule has 2 aromatic rings. The van der Waals surface area contributed by atoms with E-state index in [1.54, 1.807) is 12.1 Å². The molecular formula is C16H17FN2O. The monoisotopic (exact) mass is 272 g/mol.